The van der Waals surface area contributed by atoms with Crippen LogP contribution >= 0.6 is 11.6 Å². The van der Waals surface area contributed by atoms with E-state index in [4.69, 9.17) is 16.3 Å². The predicted octanol–water partition coefficient (Wildman–Crippen LogP) is 3.06. The standard InChI is InChI=1S/C11H13ClO/c1-8-3-2-4-9(7-8)11-10(12)5-6-13-11/h2-4,7,10-11H,5-6H2,1H3/t10-,11+/m0/s1. The Bertz CT molecular complexity index is 298. The van der Waals surface area contributed by atoms with Crippen molar-refractivity contribution in [3.63, 3.8) is 0 Å². The van der Waals surface area contributed by atoms with Crippen molar-refractivity contribution >= 4 is 11.6 Å². The molecule has 0 N–H and O–H groups in total. The van der Waals surface area contributed by atoms with Crippen LogP contribution in [-0.4, -0.2) is 12.0 Å². The highest BCUT2D eigenvalue weighted by Crippen LogP contribution is 2.33. The van der Waals surface area contributed by atoms with Crippen molar-refractivity contribution in [3.8, 4) is 0 Å². The summed E-state index contributed by atoms with van der Waals surface area (Å²) < 4.78 is 5.57. The third kappa shape index (κ3) is 1.87. The van der Waals surface area contributed by atoms with E-state index in [1.807, 2.05) is 0 Å². The smallest absolute Gasteiger partial charge is 0.0989 e. The summed E-state index contributed by atoms with van der Waals surface area (Å²) in [4.78, 5) is 0. The number of alkyl halides is 1. The highest BCUT2D eigenvalue weighted by molar-refractivity contribution is 6.21. The first-order valence-corrected chi connectivity index (χ1v) is 5.03. The van der Waals surface area contributed by atoms with E-state index in [0.29, 0.717) is 0 Å². The number of rotatable bonds is 1. The molecule has 2 rings (SSSR count). The molecule has 70 valence electrons. The van der Waals surface area contributed by atoms with E-state index in [-0.39, 0.29) is 11.5 Å². The topological polar surface area (TPSA) is 9.23 Å². The van der Waals surface area contributed by atoms with Gasteiger partial charge in [0.25, 0.3) is 0 Å². The average molecular weight is 197 g/mol. The van der Waals surface area contributed by atoms with Gasteiger partial charge in [0.15, 0.2) is 0 Å². The van der Waals surface area contributed by atoms with Gasteiger partial charge in [0.2, 0.25) is 0 Å². The molecule has 0 spiro atoms. The van der Waals surface area contributed by atoms with Gasteiger partial charge in [-0.1, -0.05) is 29.8 Å². The van der Waals surface area contributed by atoms with E-state index in [2.05, 4.69) is 31.2 Å². The maximum Gasteiger partial charge on any atom is 0.0989 e. The maximum absolute atomic E-state index is 6.14. The molecule has 1 saturated heterocycles. The molecule has 0 radical (unpaired) electrons. The second kappa shape index (κ2) is 3.69. The molecule has 1 aliphatic heterocycles. The fourth-order valence-electron chi connectivity index (χ4n) is 1.72. The normalized spacial score (nSPS) is 27.8. The Balaban J connectivity index is 2.24. The van der Waals surface area contributed by atoms with Crippen molar-refractivity contribution in [2.75, 3.05) is 6.61 Å². The van der Waals surface area contributed by atoms with Crippen LogP contribution in [0.5, 0.6) is 0 Å². The summed E-state index contributed by atoms with van der Waals surface area (Å²) in [5, 5.41) is 0.141. The van der Waals surface area contributed by atoms with Crippen molar-refractivity contribution < 1.29 is 4.74 Å². The number of ether oxygens (including phenoxy) is 1. The van der Waals surface area contributed by atoms with Crippen LogP contribution in [0.4, 0.5) is 0 Å². The lowest BCUT2D eigenvalue weighted by Crippen LogP contribution is -2.06. The van der Waals surface area contributed by atoms with Crippen LogP contribution < -0.4 is 0 Å². The number of aryl methyl sites for hydroxylation is 1. The quantitative estimate of drug-likeness (QED) is 0.628. The molecular formula is C11H13ClO. The highest BCUT2D eigenvalue weighted by Gasteiger charge is 2.27. The monoisotopic (exact) mass is 196 g/mol. The van der Waals surface area contributed by atoms with E-state index in [1.165, 1.54) is 11.1 Å². The molecule has 1 fully saturated rings. The lowest BCUT2D eigenvalue weighted by Gasteiger charge is -2.13. The fourth-order valence-corrected chi connectivity index (χ4v) is 2.02. The number of halogens is 1. The van der Waals surface area contributed by atoms with Gasteiger partial charge in [-0.05, 0) is 18.9 Å². The maximum atomic E-state index is 6.14. The van der Waals surface area contributed by atoms with Gasteiger partial charge in [-0.3, -0.25) is 0 Å². The minimum atomic E-state index is 0.0987. The van der Waals surface area contributed by atoms with Gasteiger partial charge in [0.1, 0.15) is 0 Å². The summed E-state index contributed by atoms with van der Waals surface area (Å²) in [6, 6.07) is 8.36. The predicted molar refractivity (Wildman–Crippen MR) is 54.1 cm³/mol. The Morgan fingerprint density at radius 3 is 2.92 bits per heavy atom. The van der Waals surface area contributed by atoms with Crippen LogP contribution in [-0.2, 0) is 4.74 Å². The molecule has 1 heterocycles. The lowest BCUT2D eigenvalue weighted by atomic mass is 10.0. The number of hydrogen-bond acceptors (Lipinski definition) is 1. The minimum absolute atomic E-state index is 0.0987. The minimum Gasteiger partial charge on any atom is -0.372 e. The molecular weight excluding hydrogens is 184 g/mol. The summed E-state index contributed by atoms with van der Waals surface area (Å²) in [5.74, 6) is 0. The molecule has 1 aromatic carbocycles. The molecule has 1 aliphatic rings. The van der Waals surface area contributed by atoms with E-state index in [1.54, 1.807) is 0 Å². The van der Waals surface area contributed by atoms with E-state index >= 15 is 0 Å². The number of hydrogen-bond donors (Lipinski definition) is 0. The zero-order valence-electron chi connectivity index (χ0n) is 7.66. The van der Waals surface area contributed by atoms with Gasteiger partial charge in [0, 0.05) is 6.61 Å². The Hall–Kier alpha value is -0.530. The van der Waals surface area contributed by atoms with E-state index in [9.17, 15) is 0 Å². The van der Waals surface area contributed by atoms with Crippen LogP contribution in [0, 0.1) is 6.92 Å². The largest absolute Gasteiger partial charge is 0.372 e. The second-order valence-corrected chi connectivity index (χ2v) is 4.07. The molecule has 0 amide bonds. The molecule has 0 unspecified atom stereocenters. The zero-order chi connectivity index (χ0) is 9.26. The molecule has 1 nitrogen and oxygen atoms in total. The molecule has 0 saturated carbocycles. The first-order valence-electron chi connectivity index (χ1n) is 4.59. The lowest BCUT2D eigenvalue weighted by molar-refractivity contribution is 0.113. The third-order valence-corrected chi connectivity index (χ3v) is 2.84. The molecule has 2 heteroatoms. The Morgan fingerprint density at radius 2 is 2.31 bits per heavy atom. The molecule has 0 aromatic heterocycles. The zero-order valence-corrected chi connectivity index (χ0v) is 8.42. The van der Waals surface area contributed by atoms with Crippen molar-refractivity contribution in [3.05, 3.63) is 35.4 Å². The van der Waals surface area contributed by atoms with Gasteiger partial charge >= 0.3 is 0 Å². The van der Waals surface area contributed by atoms with Crippen LogP contribution in [0.2, 0.25) is 0 Å². The van der Waals surface area contributed by atoms with Crippen molar-refractivity contribution in [1.82, 2.24) is 0 Å². The fraction of sp³-hybridized carbons (Fsp3) is 0.455. The summed E-state index contributed by atoms with van der Waals surface area (Å²) in [6.45, 7) is 2.87. The van der Waals surface area contributed by atoms with Crippen LogP contribution in [0.15, 0.2) is 24.3 Å². The Labute approximate surface area is 83.7 Å². The Morgan fingerprint density at radius 1 is 1.46 bits per heavy atom. The summed E-state index contributed by atoms with van der Waals surface area (Å²) in [6.07, 6.45) is 1.06. The summed E-state index contributed by atoms with van der Waals surface area (Å²) >= 11 is 6.14. The van der Waals surface area contributed by atoms with E-state index in [0.717, 1.165) is 13.0 Å². The Kier molecular flexibility index (Phi) is 2.56. The van der Waals surface area contributed by atoms with Gasteiger partial charge in [-0.15, -0.1) is 11.6 Å². The van der Waals surface area contributed by atoms with Crippen LogP contribution in [0.1, 0.15) is 23.7 Å². The van der Waals surface area contributed by atoms with Crippen LogP contribution in [0.25, 0.3) is 0 Å². The first kappa shape index (κ1) is 9.04. The summed E-state index contributed by atoms with van der Waals surface area (Å²) in [7, 11) is 0. The molecule has 2 atom stereocenters. The van der Waals surface area contributed by atoms with Crippen LogP contribution in [0.3, 0.4) is 0 Å². The second-order valence-electron chi connectivity index (χ2n) is 3.51. The van der Waals surface area contributed by atoms with Gasteiger partial charge in [-0.25, -0.2) is 0 Å². The van der Waals surface area contributed by atoms with Gasteiger partial charge < -0.3 is 4.74 Å². The SMILES string of the molecule is Cc1cccc([C@H]2OCC[C@@H]2Cl)c1. The van der Waals surface area contributed by atoms with Gasteiger partial charge in [0.05, 0.1) is 11.5 Å². The van der Waals surface area contributed by atoms with Crippen molar-refractivity contribution in [2.45, 2.75) is 24.8 Å². The van der Waals surface area contributed by atoms with Gasteiger partial charge in [-0.2, -0.15) is 0 Å². The summed E-state index contributed by atoms with van der Waals surface area (Å²) in [5.41, 5.74) is 2.47. The first-order chi connectivity index (χ1) is 6.27. The average Bonchev–Trinajstić information content (AvgIpc) is 2.51. The van der Waals surface area contributed by atoms with E-state index < -0.39 is 0 Å². The molecule has 0 aliphatic carbocycles. The molecule has 0 bridgehead atoms. The highest BCUT2D eigenvalue weighted by atomic mass is 35.5. The van der Waals surface area contributed by atoms with Crippen molar-refractivity contribution in [1.29, 1.82) is 0 Å². The number of benzene rings is 1. The molecule has 1 aromatic rings. The molecule has 13 heavy (non-hydrogen) atoms. The van der Waals surface area contributed by atoms with Crippen molar-refractivity contribution in [2.24, 2.45) is 0 Å². The third-order valence-electron chi connectivity index (χ3n) is 2.39.